The van der Waals surface area contributed by atoms with E-state index in [0.29, 0.717) is 0 Å². The van der Waals surface area contributed by atoms with E-state index < -0.39 is 27.1 Å². The average Bonchev–Trinajstić information content (AvgIpc) is 2.05. The largest absolute Gasteiger partial charge is 0.505 e. The van der Waals surface area contributed by atoms with Crippen LogP contribution in [0.5, 0.6) is 5.75 Å². The van der Waals surface area contributed by atoms with Crippen LogP contribution >= 0.6 is 0 Å². The Kier molecular flexibility index (Phi) is 3.25. The van der Waals surface area contributed by atoms with E-state index in [1.807, 2.05) is 0 Å². The third kappa shape index (κ3) is 3.18. The Morgan fingerprint density at radius 2 is 1.88 bits per heavy atom. The molecule has 0 aliphatic carbocycles. The summed E-state index contributed by atoms with van der Waals surface area (Å²) in [5.41, 5.74) is -0.646. The van der Waals surface area contributed by atoms with Crippen molar-refractivity contribution < 1.29 is 17.9 Å². The number of phenols is 1. The summed E-state index contributed by atoms with van der Waals surface area (Å²) in [4.78, 5) is -0.210. The minimum atomic E-state index is -3.76. The van der Waals surface area contributed by atoms with E-state index in [-0.39, 0.29) is 4.90 Å². The van der Waals surface area contributed by atoms with E-state index in [1.54, 1.807) is 20.8 Å². The maximum Gasteiger partial charge on any atom is 0.241 e. The summed E-state index contributed by atoms with van der Waals surface area (Å²) in [7, 11) is -3.76. The van der Waals surface area contributed by atoms with Crippen LogP contribution < -0.4 is 4.72 Å². The third-order valence-electron chi connectivity index (χ3n) is 1.67. The first-order valence-corrected chi connectivity index (χ1v) is 6.13. The van der Waals surface area contributed by atoms with Crippen molar-refractivity contribution in [1.29, 1.82) is 0 Å². The highest BCUT2D eigenvalue weighted by atomic mass is 32.2. The molecule has 0 heterocycles. The molecule has 0 radical (unpaired) electrons. The van der Waals surface area contributed by atoms with Crippen molar-refractivity contribution >= 4 is 10.0 Å². The molecular formula is C10H14FNO3S. The van der Waals surface area contributed by atoms with Crippen LogP contribution in [0.1, 0.15) is 20.8 Å². The van der Waals surface area contributed by atoms with Crippen LogP contribution in [0.25, 0.3) is 0 Å². The molecule has 0 aliphatic heterocycles. The molecule has 4 nitrogen and oxygen atoms in total. The van der Waals surface area contributed by atoms with Gasteiger partial charge in [-0.3, -0.25) is 0 Å². The Bertz CT molecular complexity index is 491. The van der Waals surface area contributed by atoms with Crippen LogP contribution in [0.4, 0.5) is 4.39 Å². The highest BCUT2D eigenvalue weighted by Gasteiger charge is 2.22. The molecule has 6 heteroatoms. The van der Waals surface area contributed by atoms with Crippen LogP contribution in [0.2, 0.25) is 0 Å². The minimum Gasteiger partial charge on any atom is -0.505 e. The van der Waals surface area contributed by atoms with Crippen molar-refractivity contribution in [2.45, 2.75) is 31.2 Å². The summed E-state index contributed by atoms with van der Waals surface area (Å²) in [6, 6.07) is 2.93. The Morgan fingerprint density at radius 1 is 1.31 bits per heavy atom. The molecule has 1 aromatic rings. The quantitative estimate of drug-likeness (QED) is 0.834. The molecule has 16 heavy (non-hydrogen) atoms. The summed E-state index contributed by atoms with van der Waals surface area (Å²) in [6.45, 7) is 5.05. The Labute approximate surface area is 94.2 Å². The van der Waals surface area contributed by atoms with Crippen molar-refractivity contribution in [3.63, 3.8) is 0 Å². The number of aromatic hydroxyl groups is 1. The Morgan fingerprint density at radius 3 is 2.31 bits per heavy atom. The van der Waals surface area contributed by atoms with Gasteiger partial charge in [0.15, 0.2) is 11.6 Å². The average molecular weight is 247 g/mol. The van der Waals surface area contributed by atoms with Crippen LogP contribution in [0.15, 0.2) is 23.1 Å². The molecule has 1 rings (SSSR count). The zero-order valence-electron chi connectivity index (χ0n) is 9.28. The molecule has 0 atom stereocenters. The molecule has 0 saturated heterocycles. The number of benzene rings is 1. The summed E-state index contributed by atoms with van der Waals surface area (Å²) < 4.78 is 38.9. The second-order valence-electron chi connectivity index (χ2n) is 4.47. The molecular weight excluding hydrogens is 233 g/mol. The van der Waals surface area contributed by atoms with Gasteiger partial charge < -0.3 is 5.11 Å². The van der Waals surface area contributed by atoms with Crippen molar-refractivity contribution in [1.82, 2.24) is 4.72 Å². The zero-order valence-corrected chi connectivity index (χ0v) is 10.1. The lowest BCUT2D eigenvalue weighted by Crippen LogP contribution is -2.40. The first kappa shape index (κ1) is 12.9. The molecule has 1 aromatic carbocycles. The maximum absolute atomic E-state index is 13.0. The second-order valence-corrected chi connectivity index (χ2v) is 6.15. The van der Waals surface area contributed by atoms with E-state index in [9.17, 15) is 12.8 Å². The van der Waals surface area contributed by atoms with E-state index in [1.165, 1.54) is 0 Å². The number of hydrogen-bond donors (Lipinski definition) is 2. The number of halogens is 1. The molecule has 0 fully saturated rings. The summed E-state index contributed by atoms with van der Waals surface area (Å²) >= 11 is 0. The summed E-state index contributed by atoms with van der Waals surface area (Å²) in [6.07, 6.45) is 0. The predicted molar refractivity (Wildman–Crippen MR) is 58.1 cm³/mol. The van der Waals surface area contributed by atoms with Gasteiger partial charge in [0.05, 0.1) is 4.90 Å². The van der Waals surface area contributed by atoms with Crippen molar-refractivity contribution in [3.8, 4) is 5.75 Å². The smallest absolute Gasteiger partial charge is 0.241 e. The van der Waals surface area contributed by atoms with Gasteiger partial charge in [-0.1, -0.05) is 0 Å². The molecule has 0 unspecified atom stereocenters. The van der Waals surface area contributed by atoms with Crippen molar-refractivity contribution in [2.24, 2.45) is 0 Å². The third-order valence-corrected chi connectivity index (χ3v) is 3.43. The highest BCUT2D eigenvalue weighted by Crippen LogP contribution is 2.20. The van der Waals surface area contributed by atoms with Crippen LogP contribution in [0.3, 0.4) is 0 Å². The van der Waals surface area contributed by atoms with E-state index in [2.05, 4.69) is 4.72 Å². The standard InChI is InChI=1S/C10H14FNO3S/c1-10(2,3)12-16(14,15)7-4-5-9(13)8(11)6-7/h4-6,12-13H,1-3H3. The molecule has 90 valence electrons. The van der Waals surface area contributed by atoms with Gasteiger partial charge in [-0.15, -0.1) is 0 Å². The van der Waals surface area contributed by atoms with Crippen LogP contribution in [-0.2, 0) is 10.0 Å². The van der Waals surface area contributed by atoms with Crippen LogP contribution in [-0.4, -0.2) is 19.1 Å². The fourth-order valence-electron chi connectivity index (χ4n) is 1.12. The van der Waals surface area contributed by atoms with E-state index in [0.717, 1.165) is 18.2 Å². The number of hydrogen-bond acceptors (Lipinski definition) is 3. The predicted octanol–water partition coefficient (Wildman–Crippen LogP) is 1.61. The molecule has 0 saturated carbocycles. The fraction of sp³-hybridized carbons (Fsp3) is 0.400. The Hall–Kier alpha value is -1.14. The van der Waals surface area contributed by atoms with Gasteiger partial charge >= 0.3 is 0 Å². The minimum absolute atomic E-state index is 0.210. The zero-order chi connectivity index (χ0) is 12.6. The SMILES string of the molecule is CC(C)(C)NS(=O)(=O)c1ccc(O)c(F)c1. The normalized spacial score (nSPS) is 12.8. The van der Waals surface area contributed by atoms with Crippen LogP contribution in [0, 0.1) is 5.82 Å². The first-order chi connectivity index (χ1) is 7.12. The molecule has 0 amide bonds. The first-order valence-electron chi connectivity index (χ1n) is 4.64. The number of sulfonamides is 1. The summed E-state index contributed by atoms with van der Waals surface area (Å²) in [5.74, 6) is -1.54. The lowest BCUT2D eigenvalue weighted by atomic mass is 10.1. The maximum atomic E-state index is 13.0. The Balaban J connectivity index is 3.13. The van der Waals surface area contributed by atoms with Gasteiger partial charge in [0.1, 0.15) is 0 Å². The number of rotatable bonds is 2. The number of nitrogens with one attached hydrogen (secondary N) is 1. The number of phenolic OH excluding ortho intramolecular Hbond substituents is 1. The lowest BCUT2D eigenvalue weighted by molar-refractivity contribution is 0.430. The molecule has 0 aromatic heterocycles. The monoisotopic (exact) mass is 247 g/mol. The van der Waals surface area contributed by atoms with E-state index >= 15 is 0 Å². The molecule has 0 spiro atoms. The van der Waals surface area contributed by atoms with Crippen molar-refractivity contribution in [2.75, 3.05) is 0 Å². The molecule has 0 bridgehead atoms. The topological polar surface area (TPSA) is 66.4 Å². The molecule has 0 aliphatic rings. The van der Waals surface area contributed by atoms with E-state index in [4.69, 9.17) is 5.11 Å². The molecule has 2 N–H and O–H groups in total. The fourth-order valence-corrected chi connectivity index (χ4v) is 2.55. The lowest BCUT2D eigenvalue weighted by Gasteiger charge is -2.20. The second kappa shape index (κ2) is 4.03. The van der Waals surface area contributed by atoms with Gasteiger partial charge in [-0.05, 0) is 39.0 Å². The van der Waals surface area contributed by atoms with Crippen molar-refractivity contribution in [3.05, 3.63) is 24.0 Å². The van der Waals surface area contributed by atoms with Gasteiger partial charge in [-0.2, -0.15) is 0 Å². The van der Waals surface area contributed by atoms with Gasteiger partial charge in [-0.25, -0.2) is 17.5 Å². The van der Waals surface area contributed by atoms with Gasteiger partial charge in [0, 0.05) is 5.54 Å². The van der Waals surface area contributed by atoms with Gasteiger partial charge in [0.2, 0.25) is 10.0 Å². The van der Waals surface area contributed by atoms with Gasteiger partial charge in [0.25, 0.3) is 0 Å². The summed E-state index contributed by atoms with van der Waals surface area (Å²) in [5, 5.41) is 8.95. The highest BCUT2D eigenvalue weighted by molar-refractivity contribution is 7.89.